The number of para-hydroxylation sites is 1. The van der Waals surface area contributed by atoms with Crippen LogP contribution in [0.2, 0.25) is 18.1 Å². The van der Waals surface area contributed by atoms with Gasteiger partial charge in [0.1, 0.15) is 18.0 Å². The third kappa shape index (κ3) is 5.52. The van der Waals surface area contributed by atoms with Crippen LogP contribution >= 0.6 is 0 Å². The molecule has 0 spiro atoms. The minimum atomic E-state index is -1.94. The molecule has 2 rings (SSSR count). The van der Waals surface area contributed by atoms with Crippen LogP contribution in [0.3, 0.4) is 0 Å². The third-order valence-corrected chi connectivity index (χ3v) is 9.53. The number of aliphatic hydroxyl groups excluding tert-OH is 1. The Morgan fingerprint density at radius 3 is 2.42 bits per heavy atom. The fourth-order valence-corrected chi connectivity index (χ4v) is 3.28. The summed E-state index contributed by atoms with van der Waals surface area (Å²) in [5.41, 5.74) is 0. The van der Waals surface area contributed by atoms with Gasteiger partial charge in [-0.1, -0.05) is 39.0 Å². The average molecular weight is 385 g/mol. The molecule has 0 unspecified atom stereocenters. The third-order valence-electron chi connectivity index (χ3n) is 5.03. The van der Waals surface area contributed by atoms with Crippen molar-refractivity contribution in [1.82, 2.24) is 0 Å². The Balaban J connectivity index is 1.95. The smallest absolute Gasteiger partial charge is 0.251 e. The summed E-state index contributed by atoms with van der Waals surface area (Å²) in [6, 6.07) is 9.32. The molecule has 4 atom stereocenters. The zero-order valence-corrected chi connectivity index (χ0v) is 17.6. The molecule has 0 aromatic heterocycles. The van der Waals surface area contributed by atoms with Gasteiger partial charge in [0.2, 0.25) is 6.29 Å². The van der Waals surface area contributed by atoms with Crippen molar-refractivity contribution in [2.24, 2.45) is 0 Å². The van der Waals surface area contributed by atoms with Gasteiger partial charge in [0.05, 0.1) is 13.2 Å². The molecule has 1 aliphatic heterocycles. The zero-order chi connectivity index (χ0) is 19.4. The van der Waals surface area contributed by atoms with E-state index in [2.05, 4.69) is 33.9 Å². The van der Waals surface area contributed by atoms with Crippen LogP contribution < -0.4 is 4.74 Å². The van der Waals surface area contributed by atoms with Crippen molar-refractivity contribution in [2.45, 2.75) is 63.7 Å². The summed E-state index contributed by atoms with van der Waals surface area (Å²) in [5, 5.41) is 10.6. The monoisotopic (exact) mass is 384 g/mol. The lowest BCUT2D eigenvalue weighted by atomic mass is 10.2. The second-order valence-corrected chi connectivity index (χ2v) is 12.9. The number of rotatable bonds is 7. The van der Waals surface area contributed by atoms with Gasteiger partial charge < -0.3 is 28.5 Å². The summed E-state index contributed by atoms with van der Waals surface area (Å²) < 4.78 is 28.8. The molecule has 0 radical (unpaired) electrons. The van der Waals surface area contributed by atoms with Crippen LogP contribution in [0.15, 0.2) is 30.3 Å². The predicted octanol–water partition coefficient (Wildman–Crippen LogP) is 3.16. The van der Waals surface area contributed by atoms with Gasteiger partial charge in [-0.3, -0.25) is 0 Å². The second kappa shape index (κ2) is 8.82. The number of methoxy groups -OCH3 is 1. The lowest BCUT2D eigenvalue weighted by Gasteiger charge is -2.39. The largest absolute Gasteiger partial charge is 0.459 e. The lowest BCUT2D eigenvalue weighted by Crippen LogP contribution is -2.53. The minimum absolute atomic E-state index is 0.0801. The highest BCUT2D eigenvalue weighted by Gasteiger charge is 2.40. The highest BCUT2D eigenvalue weighted by atomic mass is 28.4. The van der Waals surface area contributed by atoms with E-state index in [1.165, 1.54) is 7.11 Å². The molecule has 26 heavy (non-hydrogen) atoms. The number of benzene rings is 1. The van der Waals surface area contributed by atoms with Crippen molar-refractivity contribution in [3.05, 3.63) is 30.3 Å². The van der Waals surface area contributed by atoms with E-state index in [9.17, 15) is 5.11 Å². The summed E-state index contributed by atoms with van der Waals surface area (Å²) in [7, 11) is -0.407. The van der Waals surface area contributed by atoms with Crippen LogP contribution in [0.5, 0.6) is 5.75 Å². The Morgan fingerprint density at radius 1 is 1.19 bits per heavy atom. The number of ether oxygens (including phenoxy) is 4. The fourth-order valence-electron chi connectivity index (χ4n) is 2.26. The highest BCUT2D eigenvalue weighted by Crippen LogP contribution is 2.36. The minimum Gasteiger partial charge on any atom is -0.459 e. The van der Waals surface area contributed by atoms with Crippen LogP contribution in [0, 0.1) is 0 Å². The standard InChI is InChI=1S/C19H32O6Si/c1-19(2,3)26(5,6)23-12-15(20)16-13-22-17(21-4)18(25-16)24-14-10-8-7-9-11-14/h7-11,15-18,20H,12-13H2,1-6H3/t15-,16-,17-,18-/m1/s1. The van der Waals surface area contributed by atoms with Crippen LogP contribution in [-0.2, 0) is 18.6 Å². The molecule has 1 N–H and O–H groups in total. The maximum atomic E-state index is 10.5. The van der Waals surface area contributed by atoms with Gasteiger partial charge in [0.25, 0.3) is 6.29 Å². The Labute approximate surface area is 157 Å². The Kier molecular flexibility index (Phi) is 7.24. The van der Waals surface area contributed by atoms with Gasteiger partial charge >= 0.3 is 0 Å². The number of hydrogen-bond acceptors (Lipinski definition) is 6. The van der Waals surface area contributed by atoms with Crippen molar-refractivity contribution in [2.75, 3.05) is 20.3 Å². The Hall–Kier alpha value is -0.963. The topological polar surface area (TPSA) is 66.4 Å². The second-order valence-electron chi connectivity index (χ2n) is 8.05. The summed E-state index contributed by atoms with van der Waals surface area (Å²) in [6.45, 7) is 11.2. The molecule has 0 saturated carbocycles. The zero-order valence-electron chi connectivity index (χ0n) is 16.6. The van der Waals surface area contributed by atoms with E-state index in [-0.39, 0.29) is 18.3 Å². The van der Waals surface area contributed by atoms with Gasteiger partial charge in [-0.05, 0) is 30.3 Å². The molecule has 0 amide bonds. The molecule has 1 aromatic carbocycles. The Morgan fingerprint density at radius 2 is 1.85 bits per heavy atom. The first-order valence-corrected chi connectivity index (χ1v) is 11.9. The SMILES string of the molecule is CO[C@@H]1OC[C@H]([C@H](O)CO[Si](C)(C)C(C)(C)C)O[C@H]1Oc1ccccc1. The quantitative estimate of drug-likeness (QED) is 0.729. The molecule has 1 saturated heterocycles. The maximum absolute atomic E-state index is 10.5. The molecule has 1 fully saturated rings. The molecule has 7 heteroatoms. The molecule has 1 aromatic rings. The van der Waals surface area contributed by atoms with Crippen LogP contribution in [0.25, 0.3) is 0 Å². The van der Waals surface area contributed by atoms with E-state index in [1.807, 2.05) is 30.3 Å². The molecule has 148 valence electrons. The Bertz CT molecular complexity index is 545. The van der Waals surface area contributed by atoms with E-state index in [0.717, 1.165) is 0 Å². The molecule has 6 nitrogen and oxygen atoms in total. The molecule has 1 aliphatic rings. The van der Waals surface area contributed by atoms with Gasteiger partial charge in [-0.2, -0.15) is 0 Å². The van der Waals surface area contributed by atoms with Gasteiger partial charge in [0, 0.05) is 7.11 Å². The van der Waals surface area contributed by atoms with E-state index in [4.69, 9.17) is 23.4 Å². The van der Waals surface area contributed by atoms with Gasteiger partial charge in [0.15, 0.2) is 8.32 Å². The molecular formula is C19H32O6Si. The first kappa shape index (κ1) is 21.3. The van der Waals surface area contributed by atoms with Crippen molar-refractivity contribution < 1.29 is 28.5 Å². The normalized spacial score (nSPS) is 25.7. The van der Waals surface area contributed by atoms with Crippen molar-refractivity contribution in [3.63, 3.8) is 0 Å². The van der Waals surface area contributed by atoms with Crippen molar-refractivity contribution in [3.8, 4) is 5.75 Å². The molecular weight excluding hydrogens is 352 g/mol. The van der Waals surface area contributed by atoms with E-state index >= 15 is 0 Å². The van der Waals surface area contributed by atoms with Crippen LogP contribution in [0.4, 0.5) is 0 Å². The molecule has 0 aliphatic carbocycles. The van der Waals surface area contributed by atoms with Crippen molar-refractivity contribution >= 4 is 8.32 Å². The van der Waals surface area contributed by atoms with Gasteiger partial charge in [-0.25, -0.2) is 0 Å². The predicted molar refractivity (Wildman–Crippen MR) is 102 cm³/mol. The lowest BCUT2D eigenvalue weighted by molar-refractivity contribution is -0.324. The van der Waals surface area contributed by atoms with E-state index in [0.29, 0.717) is 5.75 Å². The first-order chi connectivity index (χ1) is 12.1. The van der Waals surface area contributed by atoms with E-state index in [1.54, 1.807) is 0 Å². The first-order valence-electron chi connectivity index (χ1n) is 8.97. The molecule has 0 bridgehead atoms. The van der Waals surface area contributed by atoms with Crippen LogP contribution in [0.1, 0.15) is 20.8 Å². The fraction of sp³-hybridized carbons (Fsp3) is 0.684. The highest BCUT2D eigenvalue weighted by molar-refractivity contribution is 6.74. The summed E-state index contributed by atoms with van der Waals surface area (Å²) in [4.78, 5) is 0. The average Bonchev–Trinajstić information content (AvgIpc) is 2.59. The summed E-state index contributed by atoms with van der Waals surface area (Å²) in [6.07, 6.45) is -2.76. The van der Waals surface area contributed by atoms with E-state index < -0.39 is 33.1 Å². The van der Waals surface area contributed by atoms with Gasteiger partial charge in [-0.15, -0.1) is 0 Å². The number of hydrogen-bond donors (Lipinski definition) is 1. The van der Waals surface area contributed by atoms with Crippen molar-refractivity contribution in [1.29, 1.82) is 0 Å². The summed E-state index contributed by atoms with van der Waals surface area (Å²) in [5.74, 6) is 0.649. The van der Waals surface area contributed by atoms with Crippen LogP contribution in [-0.4, -0.2) is 58.5 Å². The molecule has 1 heterocycles. The summed E-state index contributed by atoms with van der Waals surface area (Å²) >= 11 is 0. The number of aliphatic hydroxyl groups is 1. The maximum Gasteiger partial charge on any atom is 0.251 e.